The van der Waals surface area contributed by atoms with Gasteiger partial charge in [-0.15, -0.1) is 0 Å². The topological polar surface area (TPSA) is 76.0 Å². The molecular formula is C23H30N4O2S. The Bertz CT molecular complexity index is 982. The Morgan fingerprint density at radius 1 is 1.20 bits per heavy atom. The molecule has 0 radical (unpaired) electrons. The van der Waals surface area contributed by atoms with Gasteiger partial charge >= 0.3 is 11.8 Å². The predicted molar refractivity (Wildman–Crippen MR) is 121 cm³/mol. The van der Waals surface area contributed by atoms with Gasteiger partial charge in [0.25, 0.3) is 0 Å². The van der Waals surface area contributed by atoms with E-state index in [1.165, 1.54) is 0 Å². The van der Waals surface area contributed by atoms with Crippen molar-refractivity contribution in [2.24, 2.45) is 11.3 Å². The fraction of sp³-hybridized carbons (Fsp3) is 0.522. The van der Waals surface area contributed by atoms with Crippen LogP contribution in [0.1, 0.15) is 56.9 Å². The molecule has 1 fully saturated rings. The van der Waals surface area contributed by atoms with Crippen LogP contribution in [0.2, 0.25) is 0 Å². The number of hydrogen-bond acceptors (Lipinski definition) is 4. The van der Waals surface area contributed by atoms with Crippen LogP contribution < -0.4 is 10.6 Å². The number of rotatable bonds is 3. The van der Waals surface area contributed by atoms with Gasteiger partial charge in [0.1, 0.15) is 5.82 Å². The Kier molecular flexibility index (Phi) is 5.66. The molecule has 7 heteroatoms. The first-order chi connectivity index (χ1) is 14.2. The average Bonchev–Trinajstić information content (AvgIpc) is 3.22. The summed E-state index contributed by atoms with van der Waals surface area (Å²) in [6.07, 6.45) is 2.95. The van der Waals surface area contributed by atoms with E-state index in [0.717, 1.165) is 53.3 Å². The third kappa shape index (κ3) is 4.41. The number of nitrogens with zero attached hydrogens (tertiary/aromatic N) is 2. The van der Waals surface area contributed by atoms with Gasteiger partial charge in [-0.05, 0) is 55.2 Å². The lowest BCUT2D eigenvalue weighted by Crippen LogP contribution is -2.46. The first-order valence-corrected chi connectivity index (χ1v) is 11.7. The molecule has 0 saturated heterocycles. The van der Waals surface area contributed by atoms with Crippen LogP contribution in [0.4, 0.5) is 5.82 Å². The first kappa shape index (κ1) is 21.0. The third-order valence-electron chi connectivity index (χ3n) is 5.96. The number of thioether (sulfide) groups is 1. The molecule has 0 bridgehead atoms. The number of hydrogen-bond donors (Lipinski definition) is 2. The molecule has 2 amide bonds. The second-order valence-electron chi connectivity index (χ2n) is 9.56. The zero-order valence-electron chi connectivity index (χ0n) is 18.1. The molecule has 1 aliphatic heterocycles. The number of fused-ring (bicyclic) bond motifs is 1. The number of aryl methyl sites for hydroxylation is 1. The molecular weight excluding hydrogens is 396 g/mol. The zero-order chi connectivity index (χ0) is 21.5. The number of carbonyl (C=O) groups is 2. The molecule has 1 aliphatic carbocycles. The van der Waals surface area contributed by atoms with Crippen molar-refractivity contribution in [2.75, 3.05) is 5.32 Å². The van der Waals surface area contributed by atoms with Gasteiger partial charge in [-0.3, -0.25) is 9.59 Å². The molecule has 1 aromatic heterocycles. The fourth-order valence-corrected chi connectivity index (χ4v) is 5.99. The minimum Gasteiger partial charge on any atom is -0.345 e. The summed E-state index contributed by atoms with van der Waals surface area (Å²) >= 11 is 1.77. The molecule has 2 heterocycles. The van der Waals surface area contributed by atoms with Crippen molar-refractivity contribution in [3.8, 4) is 5.69 Å². The highest BCUT2D eigenvalue weighted by Gasteiger charge is 2.34. The second-order valence-corrected chi connectivity index (χ2v) is 10.5. The van der Waals surface area contributed by atoms with Crippen molar-refractivity contribution in [3.05, 3.63) is 41.1 Å². The summed E-state index contributed by atoms with van der Waals surface area (Å²) in [5.74, 6) is 1.55. The summed E-state index contributed by atoms with van der Waals surface area (Å²) in [7, 11) is 0. The lowest BCUT2D eigenvalue weighted by Gasteiger charge is -2.39. The molecule has 1 aromatic carbocycles. The van der Waals surface area contributed by atoms with Gasteiger partial charge in [-0.2, -0.15) is 16.9 Å². The summed E-state index contributed by atoms with van der Waals surface area (Å²) in [5, 5.41) is 10.5. The molecule has 2 aromatic rings. The Balaban J connectivity index is 1.52. The maximum atomic E-state index is 12.8. The highest BCUT2D eigenvalue weighted by Crippen LogP contribution is 2.39. The van der Waals surface area contributed by atoms with Gasteiger partial charge in [0.05, 0.1) is 11.4 Å². The number of carbonyl (C=O) groups excluding carboxylic acids is 2. The highest BCUT2D eigenvalue weighted by molar-refractivity contribution is 7.98. The molecule has 1 saturated carbocycles. The van der Waals surface area contributed by atoms with Gasteiger partial charge in [0.15, 0.2) is 0 Å². The van der Waals surface area contributed by atoms with Gasteiger partial charge in [-0.25, -0.2) is 4.68 Å². The van der Waals surface area contributed by atoms with Gasteiger partial charge in [0, 0.05) is 23.1 Å². The van der Waals surface area contributed by atoms with Crippen molar-refractivity contribution in [1.82, 2.24) is 15.1 Å². The molecule has 0 unspecified atom stereocenters. The van der Waals surface area contributed by atoms with Crippen molar-refractivity contribution in [3.63, 3.8) is 0 Å². The van der Waals surface area contributed by atoms with Crippen LogP contribution >= 0.6 is 11.8 Å². The minimum absolute atomic E-state index is 0.0324. The van der Waals surface area contributed by atoms with E-state index in [1.807, 2.05) is 31.2 Å². The standard InChI is InChI=1S/C23H30N4O2S/c1-14-6-5-7-17(9-14)27-20(18-12-30-13-19(18)26-27)25-22(29)21(28)24-16-8-15(2)10-23(3,4)11-16/h5-7,9,15-16H,8,10-13H2,1-4H3,(H,24,28)(H,25,29)/t15-,16-/m0/s1. The summed E-state index contributed by atoms with van der Waals surface area (Å²) < 4.78 is 1.76. The van der Waals surface area contributed by atoms with Crippen LogP contribution in [0, 0.1) is 18.3 Å². The number of aromatic nitrogens is 2. The number of benzene rings is 1. The van der Waals surface area contributed by atoms with Crippen LogP contribution in [0.15, 0.2) is 24.3 Å². The van der Waals surface area contributed by atoms with E-state index in [4.69, 9.17) is 5.10 Å². The van der Waals surface area contributed by atoms with Crippen molar-refractivity contribution in [1.29, 1.82) is 0 Å². The third-order valence-corrected chi connectivity index (χ3v) is 6.93. The summed E-state index contributed by atoms with van der Waals surface area (Å²) in [6, 6.07) is 8.01. The van der Waals surface area contributed by atoms with Crippen molar-refractivity contribution in [2.45, 2.75) is 64.5 Å². The molecule has 6 nitrogen and oxygen atoms in total. The largest absolute Gasteiger partial charge is 0.345 e. The zero-order valence-corrected chi connectivity index (χ0v) is 18.9. The maximum Gasteiger partial charge on any atom is 0.314 e. The summed E-state index contributed by atoms with van der Waals surface area (Å²) in [6.45, 7) is 8.68. The van der Waals surface area contributed by atoms with Crippen LogP contribution in [0.3, 0.4) is 0 Å². The van der Waals surface area contributed by atoms with Gasteiger partial charge in [-0.1, -0.05) is 32.9 Å². The lowest BCUT2D eigenvalue weighted by molar-refractivity contribution is -0.137. The van der Waals surface area contributed by atoms with Crippen LogP contribution in [0.25, 0.3) is 5.69 Å². The second kappa shape index (κ2) is 8.10. The normalized spacial score (nSPS) is 22.4. The molecule has 30 heavy (non-hydrogen) atoms. The number of amides is 2. The molecule has 2 atom stereocenters. The molecule has 0 spiro atoms. The van der Waals surface area contributed by atoms with E-state index in [1.54, 1.807) is 16.4 Å². The fourth-order valence-electron chi connectivity index (χ4n) is 4.96. The number of anilines is 1. The predicted octanol–water partition coefficient (Wildman–Crippen LogP) is 4.20. The van der Waals surface area contributed by atoms with Gasteiger partial charge in [0.2, 0.25) is 0 Å². The quantitative estimate of drug-likeness (QED) is 0.722. The summed E-state index contributed by atoms with van der Waals surface area (Å²) in [4.78, 5) is 25.5. The molecule has 2 N–H and O–H groups in total. The Morgan fingerprint density at radius 2 is 2.00 bits per heavy atom. The van der Waals surface area contributed by atoms with Crippen LogP contribution in [-0.4, -0.2) is 27.6 Å². The average molecular weight is 427 g/mol. The van der Waals surface area contributed by atoms with Crippen LogP contribution in [-0.2, 0) is 21.1 Å². The number of nitrogens with one attached hydrogen (secondary N) is 2. The minimum atomic E-state index is -0.625. The highest BCUT2D eigenvalue weighted by atomic mass is 32.2. The van der Waals surface area contributed by atoms with E-state index < -0.39 is 11.8 Å². The SMILES string of the molecule is Cc1cccc(-n2nc3c(c2NC(=O)C(=O)N[C@H]2C[C@H](C)CC(C)(C)C2)CSC3)c1. The maximum absolute atomic E-state index is 12.8. The first-order valence-electron chi connectivity index (χ1n) is 10.6. The van der Waals surface area contributed by atoms with E-state index in [0.29, 0.717) is 11.7 Å². The monoisotopic (exact) mass is 426 g/mol. The molecule has 160 valence electrons. The Hall–Kier alpha value is -2.28. The Morgan fingerprint density at radius 3 is 2.73 bits per heavy atom. The van der Waals surface area contributed by atoms with E-state index in [2.05, 4.69) is 31.4 Å². The van der Waals surface area contributed by atoms with Gasteiger partial charge < -0.3 is 10.6 Å². The smallest absolute Gasteiger partial charge is 0.314 e. The van der Waals surface area contributed by atoms with E-state index >= 15 is 0 Å². The van der Waals surface area contributed by atoms with Crippen LogP contribution in [0.5, 0.6) is 0 Å². The molecule has 2 aliphatic rings. The Labute approximate surface area is 182 Å². The summed E-state index contributed by atoms with van der Waals surface area (Å²) in [5.41, 5.74) is 4.15. The van der Waals surface area contributed by atoms with E-state index in [-0.39, 0.29) is 11.5 Å². The van der Waals surface area contributed by atoms with Crippen molar-refractivity contribution < 1.29 is 9.59 Å². The molecule has 4 rings (SSSR count). The lowest BCUT2D eigenvalue weighted by atomic mass is 9.70. The van der Waals surface area contributed by atoms with E-state index in [9.17, 15) is 9.59 Å². The van der Waals surface area contributed by atoms with Crippen molar-refractivity contribution >= 4 is 29.4 Å².